The van der Waals surface area contributed by atoms with Crippen molar-refractivity contribution in [2.45, 2.75) is 59.0 Å². The summed E-state index contributed by atoms with van der Waals surface area (Å²) >= 11 is 0. The Labute approximate surface area is 220 Å². The zero-order valence-corrected chi connectivity index (χ0v) is 22.7. The number of carbonyl (C=O) groups excluding carboxylic acids is 1. The van der Waals surface area contributed by atoms with Crippen molar-refractivity contribution in [3.8, 4) is 0 Å². The SMILES string of the molecule is Cc1cc(C)nc(N(C)c2ccc(C(=O)Nc3ccc(N4CCC(N5CCCC5C)C4)cc3C)cc2)n1. The van der Waals surface area contributed by atoms with Gasteiger partial charge in [-0.1, -0.05) is 0 Å². The van der Waals surface area contributed by atoms with Gasteiger partial charge in [-0.05, 0) is 108 Å². The molecule has 37 heavy (non-hydrogen) atoms. The maximum absolute atomic E-state index is 13.0. The molecule has 2 unspecified atom stereocenters. The molecule has 1 aromatic heterocycles. The topological polar surface area (TPSA) is 64.6 Å². The molecule has 0 aliphatic carbocycles. The monoisotopic (exact) mass is 498 g/mol. The Kier molecular flexibility index (Phi) is 7.15. The van der Waals surface area contributed by atoms with Gasteiger partial charge in [0, 0.05) is 66.2 Å². The highest BCUT2D eigenvalue weighted by Gasteiger charge is 2.33. The van der Waals surface area contributed by atoms with Crippen molar-refractivity contribution < 1.29 is 4.79 Å². The average Bonchev–Trinajstić information content (AvgIpc) is 3.53. The quantitative estimate of drug-likeness (QED) is 0.485. The Bertz CT molecular complexity index is 1250. The molecular formula is C30H38N6O. The highest BCUT2D eigenvalue weighted by molar-refractivity contribution is 6.05. The average molecular weight is 499 g/mol. The predicted molar refractivity (Wildman–Crippen MR) is 151 cm³/mol. The molecular weight excluding hydrogens is 460 g/mol. The minimum absolute atomic E-state index is 0.114. The highest BCUT2D eigenvalue weighted by atomic mass is 16.1. The standard InChI is InChI=1S/C30H38N6O/c1-20-17-26(35-16-14-27(19-35)36-15-6-7-23(36)4)12-13-28(20)33-29(37)24-8-10-25(11-9-24)34(5)30-31-21(2)18-22(3)32-30/h8-13,17-18,23,27H,6-7,14-16,19H2,1-5H3,(H,33,37). The number of aromatic nitrogens is 2. The summed E-state index contributed by atoms with van der Waals surface area (Å²) in [6.07, 6.45) is 3.87. The van der Waals surface area contributed by atoms with Gasteiger partial charge in [0.1, 0.15) is 0 Å². The van der Waals surface area contributed by atoms with Crippen LogP contribution in [-0.2, 0) is 0 Å². The van der Waals surface area contributed by atoms with Crippen LogP contribution in [0.15, 0.2) is 48.5 Å². The van der Waals surface area contributed by atoms with E-state index in [1.807, 2.05) is 62.2 Å². The minimum Gasteiger partial charge on any atom is -0.370 e. The van der Waals surface area contributed by atoms with Gasteiger partial charge in [-0.15, -0.1) is 0 Å². The van der Waals surface area contributed by atoms with E-state index in [4.69, 9.17) is 0 Å². The number of nitrogens with one attached hydrogen (secondary N) is 1. The fourth-order valence-electron chi connectivity index (χ4n) is 5.73. The van der Waals surface area contributed by atoms with Crippen LogP contribution in [0.3, 0.4) is 0 Å². The lowest BCUT2D eigenvalue weighted by Gasteiger charge is -2.28. The van der Waals surface area contributed by atoms with Crippen LogP contribution < -0.4 is 15.1 Å². The highest BCUT2D eigenvalue weighted by Crippen LogP contribution is 2.30. The summed E-state index contributed by atoms with van der Waals surface area (Å²) in [4.78, 5) is 29.2. The third-order valence-corrected chi connectivity index (χ3v) is 7.85. The van der Waals surface area contributed by atoms with Gasteiger partial charge < -0.3 is 15.1 Å². The summed E-state index contributed by atoms with van der Waals surface area (Å²) in [6, 6.07) is 17.2. The van der Waals surface area contributed by atoms with Gasteiger partial charge in [-0.25, -0.2) is 9.97 Å². The second-order valence-corrected chi connectivity index (χ2v) is 10.6. The lowest BCUT2D eigenvalue weighted by atomic mass is 10.1. The van der Waals surface area contributed by atoms with Crippen LogP contribution in [-0.4, -0.2) is 59.5 Å². The van der Waals surface area contributed by atoms with E-state index in [0.717, 1.165) is 41.4 Å². The summed E-state index contributed by atoms with van der Waals surface area (Å²) in [6.45, 7) is 11.8. The zero-order valence-electron chi connectivity index (χ0n) is 22.7. The molecule has 3 aromatic rings. The maximum Gasteiger partial charge on any atom is 0.255 e. The molecule has 1 N–H and O–H groups in total. The molecule has 0 saturated carbocycles. The molecule has 0 spiro atoms. The van der Waals surface area contributed by atoms with Crippen molar-refractivity contribution in [3.63, 3.8) is 0 Å². The van der Waals surface area contributed by atoms with E-state index in [1.165, 1.54) is 31.5 Å². The number of nitrogens with zero attached hydrogens (tertiary/aromatic N) is 5. The summed E-state index contributed by atoms with van der Waals surface area (Å²) in [7, 11) is 1.93. The molecule has 7 heteroatoms. The first kappa shape index (κ1) is 25.2. The van der Waals surface area contributed by atoms with E-state index in [-0.39, 0.29) is 5.91 Å². The molecule has 0 radical (unpaired) electrons. The molecule has 2 fully saturated rings. The van der Waals surface area contributed by atoms with Crippen molar-refractivity contribution in [2.24, 2.45) is 0 Å². The second-order valence-electron chi connectivity index (χ2n) is 10.6. The van der Waals surface area contributed by atoms with Crippen LogP contribution in [0, 0.1) is 20.8 Å². The van der Waals surface area contributed by atoms with E-state index in [2.05, 4.69) is 51.1 Å². The summed E-state index contributed by atoms with van der Waals surface area (Å²) in [5.74, 6) is 0.529. The Morgan fingerprint density at radius 2 is 1.70 bits per heavy atom. The van der Waals surface area contributed by atoms with Crippen molar-refractivity contribution in [2.75, 3.05) is 41.8 Å². The van der Waals surface area contributed by atoms with Crippen molar-refractivity contribution in [1.29, 1.82) is 0 Å². The van der Waals surface area contributed by atoms with Gasteiger partial charge >= 0.3 is 0 Å². The fourth-order valence-corrected chi connectivity index (χ4v) is 5.73. The number of carbonyl (C=O) groups is 1. The number of likely N-dealkylation sites (tertiary alicyclic amines) is 1. The first-order chi connectivity index (χ1) is 17.8. The van der Waals surface area contributed by atoms with Crippen LogP contribution in [0.25, 0.3) is 0 Å². The number of rotatable bonds is 6. The number of benzene rings is 2. The first-order valence-corrected chi connectivity index (χ1v) is 13.4. The maximum atomic E-state index is 13.0. The lowest BCUT2D eigenvalue weighted by Crippen LogP contribution is -2.39. The fraction of sp³-hybridized carbons (Fsp3) is 0.433. The molecule has 2 atom stereocenters. The molecule has 1 amide bonds. The molecule has 3 heterocycles. The van der Waals surface area contributed by atoms with Crippen LogP contribution in [0.1, 0.15) is 53.5 Å². The predicted octanol–water partition coefficient (Wildman–Crippen LogP) is 5.49. The third kappa shape index (κ3) is 5.47. The van der Waals surface area contributed by atoms with E-state index in [1.54, 1.807) is 0 Å². The molecule has 5 rings (SSSR count). The van der Waals surface area contributed by atoms with Gasteiger partial charge in [0.05, 0.1) is 0 Å². The van der Waals surface area contributed by atoms with E-state index in [0.29, 0.717) is 23.6 Å². The number of amides is 1. The van der Waals surface area contributed by atoms with Gasteiger partial charge in [-0.3, -0.25) is 9.69 Å². The van der Waals surface area contributed by atoms with Crippen LogP contribution in [0.5, 0.6) is 0 Å². The number of aryl methyl sites for hydroxylation is 3. The van der Waals surface area contributed by atoms with E-state index >= 15 is 0 Å². The Balaban J connectivity index is 1.22. The molecule has 7 nitrogen and oxygen atoms in total. The third-order valence-electron chi connectivity index (χ3n) is 7.85. The normalized spacial score (nSPS) is 19.9. The summed E-state index contributed by atoms with van der Waals surface area (Å²) < 4.78 is 0. The summed E-state index contributed by atoms with van der Waals surface area (Å²) in [5.41, 5.74) is 6.56. The van der Waals surface area contributed by atoms with Crippen LogP contribution in [0.4, 0.5) is 23.0 Å². The Morgan fingerprint density at radius 1 is 0.973 bits per heavy atom. The molecule has 0 bridgehead atoms. The number of hydrogen-bond donors (Lipinski definition) is 1. The Hall–Kier alpha value is -3.45. The summed E-state index contributed by atoms with van der Waals surface area (Å²) in [5, 5.41) is 3.09. The first-order valence-electron chi connectivity index (χ1n) is 13.4. The Morgan fingerprint density at radius 3 is 2.35 bits per heavy atom. The van der Waals surface area contributed by atoms with Crippen molar-refractivity contribution >= 4 is 28.9 Å². The second kappa shape index (κ2) is 10.5. The zero-order chi connectivity index (χ0) is 26.1. The molecule has 194 valence electrons. The van der Waals surface area contributed by atoms with Crippen LogP contribution >= 0.6 is 0 Å². The number of hydrogen-bond acceptors (Lipinski definition) is 6. The van der Waals surface area contributed by atoms with Crippen molar-refractivity contribution in [3.05, 3.63) is 71.0 Å². The van der Waals surface area contributed by atoms with Gasteiger partial charge in [-0.2, -0.15) is 0 Å². The van der Waals surface area contributed by atoms with Gasteiger partial charge in [0.2, 0.25) is 5.95 Å². The lowest BCUT2D eigenvalue weighted by molar-refractivity contribution is 0.102. The van der Waals surface area contributed by atoms with Crippen LogP contribution in [0.2, 0.25) is 0 Å². The van der Waals surface area contributed by atoms with Gasteiger partial charge in [0.15, 0.2) is 0 Å². The van der Waals surface area contributed by atoms with E-state index < -0.39 is 0 Å². The smallest absolute Gasteiger partial charge is 0.255 e. The molecule has 2 aromatic carbocycles. The molecule has 2 aliphatic heterocycles. The number of anilines is 4. The minimum atomic E-state index is -0.114. The molecule has 2 saturated heterocycles. The largest absolute Gasteiger partial charge is 0.370 e. The van der Waals surface area contributed by atoms with E-state index in [9.17, 15) is 4.79 Å². The molecule has 2 aliphatic rings. The van der Waals surface area contributed by atoms with Gasteiger partial charge in [0.25, 0.3) is 5.91 Å². The van der Waals surface area contributed by atoms with Crippen molar-refractivity contribution in [1.82, 2.24) is 14.9 Å².